The predicted octanol–water partition coefficient (Wildman–Crippen LogP) is 3.28. The number of pyridine rings is 2. The summed E-state index contributed by atoms with van der Waals surface area (Å²) in [5.41, 5.74) is 3.06. The standard InChI is InChI=1S/C22H21ClN4O3/c1-26-20-11-17(6-7-19(20)25-21(26)3-2-10-28)27-9-8-18(12-22(27)29)30-14-16-5-4-15(23)13-24-16/h4-9,11-13,28H,2-3,10,14H2,1H3. The van der Waals surface area contributed by atoms with Crippen molar-refractivity contribution in [2.24, 2.45) is 7.05 Å². The molecular weight excluding hydrogens is 404 g/mol. The number of halogens is 1. The van der Waals surface area contributed by atoms with E-state index in [2.05, 4.69) is 9.97 Å². The molecule has 3 aromatic heterocycles. The Morgan fingerprint density at radius 1 is 1.17 bits per heavy atom. The van der Waals surface area contributed by atoms with Gasteiger partial charge in [-0.1, -0.05) is 11.6 Å². The molecule has 4 rings (SSSR count). The fourth-order valence-corrected chi connectivity index (χ4v) is 3.36. The summed E-state index contributed by atoms with van der Waals surface area (Å²) in [7, 11) is 1.94. The largest absolute Gasteiger partial charge is 0.487 e. The van der Waals surface area contributed by atoms with E-state index in [0.717, 1.165) is 28.2 Å². The van der Waals surface area contributed by atoms with Gasteiger partial charge in [-0.05, 0) is 42.8 Å². The lowest BCUT2D eigenvalue weighted by atomic mass is 10.2. The summed E-state index contributed by atoms with van der Waals surface area (Å²) < 4.78 is 9.24. The first-order valence-electron chi connectivity index (χ1n) is 9.57. The Morgan fingerprint density at radius 2 is 2.03 bits per heavy atom. The highest BCUT2D eigenvalue weighted by atomic mass is 35.5. The maximum atomic E-state index is 12.7. The lowest BCUT2D eigenvalue weighted by molar-refractivity contribution is 0.287. The van der Waals surface area contributed by atoms with Crippen LogP contribution in [0.2, 0.25) is 5.02 Å². The molecule has 1 N–H and O–H groups in total. The van der Waals surface area contributed by atoms with Gasteiger partial charge >= 0.3 is 0 Å². The molecule has 0 saturated heterocycles. The van der Waals surface area contributed by atoms with E-state index < -0.39 is 0 Å². The van der Waals surface area contributed by atoms with Gasteiger partial charge < -0.3 is 14.4 Å². The summed E-state index contributed by atoms with van der Waals surface area (Å²) in [6.45, 7) is 0.380. The lowest BCUT2D eigenvalue weighted by Gasteiger charge is -2.09. The quantitative estimate of drug-likeness (QED) is 0.492. The molecule has 7 nitrogen and oxygen atoms in total. The Morgan fingerprint density at radius 3 is 2.77 bits per heavy atom. The van der Waals surface area contributed by atoms with Crippen molar-refractivity contribution >= 4 is 22.6 Å². The van der Waals surface area contributed by atoms with E-state index in [4.69, 9.17) is 21.4 Å². The van der Waals surface area contributed by atoms with Gasteiger partial charge in [-0.3, -0.25) is 14.3 Å². The Bertz CT molecular complexity index is 1230. The highest BCUT2D eigenvalue weighted by Crippen LogP contribution is 2.20. The van der Waals surface area contributed by atoms with E-state index in [-0.39, 0.29) is 18.8 Å². The average Bonchev–Trinajstić information content (AvgIpc) is 3.07. The molecule has 0 unspecified atom stereocenters. The number of aliphatic hydroxyl groups is 1. The van der Waals surface area contributed by atoms with Crippen molar-refractivity contribution in [3.05, 3.63) is 81.8 Å². The normalized spacial score (nSPS) is 11.2. The third kappa shape index (κ3) is 4.22. The zero-order valence-electron chi connectivity index (χ0n) is 16.5. The first kappa shape index (κ1) is 20.1. The summed E-state index contributed by atoms with van der Waals surface area (Å²) in [4.78, 5) is 21.4. The van der Waals surface area contributed by atoms with Crippen LogP contribution in [-0.4, -0.2) is 30.8 Å². The number of aliphatic hydroxyl groups excluding tert-OH is 1. The van der Waals surface area contributed by atoms with Gasteiger partial charge in [0.25, 0.3) is 5.56 Å². The van der Waals surface area contributed by atoms with Crippen LogP contribution in [0.3, 0.4) is 0 Å². The van der Waals surface area contributed by atoms with Gasteiger partial charge in [0, 0.05) is 38.5 Å². The highest BCUT2D eigenvalue weighted by molar-refractivity contribution is 6.30. The molecule has 0 bridgehead atoms. The second kappa shape index (κ2) is 8.69. The van der Waals surface area contributed by atoms with Crippen molar-refractivity contribution < 1.29 is 9.84 Å². The highest BCUT2D eigenvalue weighted by Gasteiger charge is 2.10. The average molecular weight is 425 g/mol. The lowest BCUT2D eigenvalue weighted by Crippen LogP contribution is -2.16. The molecule has 4 aromatic rings. The van der Waals surface area contributed by atoms with Crippen molar-refractivity contribution in [1.82, 2.24) is 19.1 Å². The van der Waals surface area contributed by atoms with Crippen LogP contribution in [0.15, 0.2) is 59.7 Å². The monoisotopic (exact) mass is 424 g/mol. The van der Waals surface area contributed by atoms with Crippen LogP contribution in [-0.2, 0) is 20.1 Å². The molecule has 8 heteroatoms. The molecule has 0 fully saturated rings. The molecule has 1 aromatic carbocycles. The fraction of sp³-hybridized carbons (Fsp3) is 0.227. The van der Waals surface area contributed by atoms with Crippen LogP contribution in [0.25, 0.3) is 16.7 Å². The SMILES string of the molecule is Cn1c(CCCO)nc2ccc(-n3ccc(OCc4ccc(Cl)cn4)cc3=O)cc21. The zero-order valence-corrected chi connectivity index (χ0v) is 17.2. The zero-order chi connectivity index (χ0) is 21.1. The smallest absolute Gasteiger partial charge is 0.258 e. The summed E-state index contributed by atoms with van der Waals surface area (Å²) in [5, 5.41) is 9.62. The van der Waals surface area contributed by atoms with Crippen molar-refractivity contribution in [1.29, 1.82) is 0 Å². The molecule has 154 valence electrons. The van der Waals surface area contributed by atoms with Crippen molar-refractivity contribution in [2.75, 3.05) is 6.61 Å². The van der Waals surface area contributed by atoms with Crippen molar-refractivity contribution in [2.45, 2.75) is 19.4 Å². The molecular formula is C22H21ClN4O3. The fourth-order valence-electron chi connectivity index (χ4n) is 3.25. The molecule has 0 amide bonds. The first-order valence-corrected chi connectivity index (χ1v) is 9.95. The number of aryl methyl sites for hydroxylation is 2. The van der Waals surface area contributed by atoms with Gasteiger partial charge in [0.1, 0.15) is 18.2 Å². The van der Waals surface area contributed by atoms with Gasteiger partial charge in [0.05, 0.1) is 27.4 Å². The van der Waals surface area contributed by atoms with E-state index in [1.54, 1.807) is 35.2 Å². The van der Waals surface area contributed by atoms with Crippen LogP contribution in [0.5, 0.6) is 5.75 Å². The third-order valence-corrected chi connectivity index (χ3v) is 5.08. The summed E-state index contributed by atoms with van der Waals surface area (Å²) in [5.74, 6) is 1.38. The van der Waals surface area contributed by atoms with Crippen LogP contribution >= 0.6 is 11.6 Å². The van der Waals surface area contributed by atoms with Crippen LogP contribution in [0, 0.1) is 0 Å². The third-order valence-electron chi connectivity index (χ3n) is 4.86. The van der Waals surface area contributed by atoms with E-state index in [1.165, 1.54) is 6.07 Å². The molecule has 0 saturated carbocycles. The Labute approximate surface area is 178 Å². The number of fused-ring (bicyclic) bond motifs is 1. The molecule has 0 aliphatic carbocycles. The first-order chi connectivity index (χ1) is 14.5. The van der Waals surface area contributed by atoms with Crippen LogP contribution in [0.1, 0.15) is 17.9 Å². The van der Waals surface area contributed by atoms with Gasteiger partial charge in [-0.15, -0.1) is 0 Å². The molecule has 3 heterocycles. The topological polar surface area (TPSA) is 82.2 Å². The number of rotatable bonds is 7. The second-order valence-electron chi connectivity index (χ2n) is 6.91. The number of ether oxygens (including phenoxy) is 1. The number of imidazole rings is 1. The summed E-state index contributed by atoms with van der Waals surface area (Å²) >= 11 is 5.83. The minimum Gasteiger partial charge on any atom is -0.487 e. The number of hydrogen-bond donors (Lipinski definition) is 1. The van der Waals surface area contributed by atoms with E-state index in [0.29, 0.717) is 23.6 Å². The number of benzene rings is 1. The van der Waals surface area contributed by atoms with Gasteiger partial charge in [0.15, 0.2) is 0 Å². The molecule has 0 spiro atoms. The maximum Gasteiger partial charge on any atom is 0.258 e. The Balaban J connectivity index is 1.56. The van der Waals surface area contributed by atoms with Gasteiger partial charge in [-0.25, -0.2) is 4.98 Å². The van der Waals surface area contributed by atoms with E-state index in [9.17, 15) is 4.79 Å². The summed E-state index contributed by atoms with van der Waals surface area (Å²) in [6.07, 6.45) is 4.61. The van der Waals surface area contributed by atoms with E-state index in [1.807, 2.05) is 29.8 Å². The van der Waals surface area contributed by atoms with E-state index >= 15 is 0 Å². The molecule has 0 aliphatic rings. The summed E-state index contributed by atoms with van der Waals surface area (Å²) in [6, 6.07) is 12.4. The minimum atomic E-state index is -0.196. The Kier molecular flexibility index (Phi) is 5.83. The predicted molar refractivity (Wildman–Crippen MR) is 115 cm³/mol. The Hall–Kier alpha value is -3.16. The molecule has 0 aliphatic heterocycles. The number of nitrogens with zero attached hydrogens (tertiary/aromatic N) is 4. The molecule has 0 atom stereocenters. The molecule has 30 heavy (non-hydrogen) atoms. The molecule has 0 radical (unpaired) electrons. The van der Waals surface area contributed by atoms with Crippen molar-refractivity contribution in [3.63, 3.8) is 0 Å². The van der Waals surface area contributed by atoms with Crippen LogP contribution in [0.4, 0.5) is 0 Å². The second-order valence-corrected chi connectivity index (χ2v) is 7.35. The van der Waals surface area contributed by atoms with Crippen molar-refractivity contribution in [3.8, 4) is 11.4 Å². The minimum absolute atomic E-state index is 0.131. The maximum absolute atomic E-state index is 12.7. The van der Waals surface area contributed by atoms with Crippen LogP contribution < -0.4 is 10.3 Å². The number of aromatic nitrogens is 4. The van der Waals surface area contributed by atoms with Gasteiger partial charge in [-0.2, -0.15) is 0 Å². The number of hydrogen-bond acceptors (Lipinski definition) is 5. The van der Waals surface area contributed by atoms with Gasteiger partial charge in [0.2, 0.25) is 0 Å².